The lowest BCUT2D eigenvalue weighted by atomic mass is 10.0. The molecule has 5 heteroatoms. The van der Waals surface area contributed by atoms with Crippen LogP contribution in [0, 0.1) is 0 Å². The number of rotatable bonds is 2. The molecule has 2 rings (SSSR count). The van der Waals surface area contributed by atoms with Crippen LogP contribution in [0.2, 0.25) is 0 Å². The van der Waals surface area contributed by atoms with Crippen LogP contribution in [0.3, 0.4) is 0 Å². The van der Waals surface area contributed by atoms with Crippen LogP contribution < -0.4 is 4.74 Å². The fraction of sp³-hybridized carbons (Fsp3) is 0.600. The van der Waals surface area contributed by atoms with Crippen LogP contribution in [-0.4, -0.2) is 40.4 Å². The molecule has 0 radical (unpaired) electrons. The lowest BCUT2D eigenvalue weighted by Crippen LogP contribution is -2.33. The van der Waals surface area contributed by atoms with E-state index in [0.29, 0.717) is 11.9 Å². The Morgan fingerprint density at radius 1 is 1.53 bits per heavy atom. The first kappa shape index (κ1) is 10.6. The molecule has 0 fully saturated rings. The highest BCUT2D eigenvalue weighted by Gasteiger charge is 2.21. The fourth-order valence-electron chi connectivity index (χ4n) is 1.66. The Bertz CT molecular complexity index is 374. The van der Waals surface area contributed by atoms with Crippen molar-refractivity contribution in [2.24, 2.45) is 0 Å². The van der Waals surface area contributed by atoms with Gasteiger partial charge in [-0.25, -0.2) is 0 Å². The lowest BCUT2D eigenvalue weighted by molar-refractivity contribution is 0.280. The van der Waals surface area contributed by atoms with E-state index in [-0.39, 0.29) is 0 Å². The van der Waals surface area contributed by atoms with Crippen LogP contribution in [0.5, 0.6) is 5.88 Å². The van der Waals surface area contributed by atoms with Gasteiger partial charge in [0.05, 0.1) is 18.8 Å². The van der Waals surface area contributed by atoms with Crippen molar-refractivity contribution < 1.29 is 4.74 Å². The molecule has 1 unspecified atom stereocenters. The second kappa shape index (κ2) is 4.28. The van der Waals surface area contributed by atoms with Gasteiger partial charge in [0.15, 0.2) is 0 Å². The molecular weight excluding hydrogens is 210 g/mol. The number of hydrogen-bond donors (Lipinski definition) is 0. The van der Waals surface area contributed by atoms with E-state index in [0.717, 1.165) is 18.7 Å². The van der Waals surface area contributed by atoms with Crippen LogP contribution >= 0.6 is 11.7 Å². The van der Waals surface area contributed by atoms with Crippen molar-refractivity contribution in [1.82, 2.24) is 13.6 Å². The third kappa shape index (κ3) is 2.03. The molecule has 4 nitrogen and oxygen atoms in total. The summed E-state index contributed by atoms with van der Waals surface area (Å²) in [5.74, 6) is 0.647. The third-order valence-electron chi connectivity index (χ3n) is 2.83. The average molecular weight is 225 g/mol. The van der Waals surface area contributed by atoms with Gasteiger partial charge in [-0.2, -0.15) is 4.37 Å². The summed E-state index contributed by atoms with van der Waals surface area (Å²) in [6.07, 6.45) is 3.30. The van der Waals surface area contributed by atoms with Crippen molar-refractivity contribution in [2.45, 2.75) is 19.4 Å². The summed E-state index contributed by atoms with van der Waals surface area (Å²) in [4.78, 5) is 2.31. The summed E-state index contributed by atoms with van der Waals surface area (Å²) >= 11 is 1.20. The molecule has 0 aromatic carbocycles. The van der Waals surface area contributed by atoms with Gasteiger partial charge in [-0.05, 0) is 26.0 Å². The quantitative estimate of drug-likeness (QED) is 0.767. The van der Waals surface area contributed by atoms with E-state index >= 15 is 0 Å². The van der Waals surface area contributed by atoms with Crippen LogP contribution in [0.1, 0.15) is 19.0 Å². The molecule has 1 aromatic heterocycles. The van der Waals surface area contributed by atoms with Crippen molar-refractivity contribution >= 4 is 17.3 Å². The number of likely N-dealkylation sites (N-methyl/N-ethyl adjacent to an activating group) is 1. The maximum absolute atomic E-state index is 5.18. The highest BCUT2D eigenvalue weighted by molar-refractivity contribution is 6.99. The summed E-state index contributed by atoms with van der Waals surface area (Å²) < 4.78 is 13.6. The Morgan fingerprint density at radius 3 is 3.00 bits per heavy atom. The van der Waals surface area contributed by atoms with Gasteiger partial charge in [-0.1, -0.05) is 6.08 Å². The standard InChI is InChI=1S/C10H15N3OS/c1-7-4-5-8(6-13(7)2)9-10(14-3)12-15-11-9/h5,7H,4,6H2,1-3H3. The maximum Gasteiger partial charge on any atom is 0.253 e. The highest BCUT2D eigenvalue weighted by Crippen LogP contribution is 2.28. The van der Waals surface area contributed by atoms with Crippen LogP contribution in [-0.2, 0) is 0 Å². The molecule has 2 heterocycles. The molecule has 0 amide bonds. The summed E-state index contributed by atoms with van der Waals surface area (Å²) in [6.45, 7) is 3.15. The molecule has 0 N–H and O–H groups in total. The molecule has 1 aromatic rings. The monoisotopic (exact) mass is 225 g/mol. The van der Waals surface area contributed by atoms with Gasteiger partial charge >= 0.3 is 0 Å². The number of hydrogen-bond acceptors (Lipinski definition) is 5. The van der Waals surface area contributed by atoms with Crippen molar-refractivity contribution in [3.63, 3.8) is 0 Å². The minimum absolute atomic E-state index is 0.603. The van der Waals surface area contributed by atoms with Crippen LogP contribution in [0.15, 0.2) is 6.08 Å². The van der Waals surface area contributed by atoms with Gasteiger partial charge in [-0.3, -0.25) is 4.90 Å². The zero-order valence-corrected chi connectivity index (χ0v) is 10.0. The maximum atomic E-state index is 5.18. The Balaban J connectivity index is 2.25. The zero-order valence-electron chi connectivity index (χ0n) is 9.23. The molecule has 0 saturated heterocycles. The van der Waals surface area contributed by atoms with Gasteiger partial charge in [-0.15, -0.1) is 4.37 Å². The average Bonchev–Trinajstić information content (AvgIpc) is 2.70. The van der Waals surface area contributed by atoms with Gasteiger partial charge in [0.2, 0.25) is 0 Å². The number of nitrogens with zero attached hydrogens (tertiary/aromatic N) is 3. The molecule has 0 saturated carbocycles. The van der Waals surface area contributed by atoms with Gasteiger partial charge in [0.1, 0.15) is 5.69 Å². The van der Waals surface area contributed by atoms with E-state index < -0.39 is 0 Å². The van der Waals surface area contributed by atoms with E-state index in [1.54, 1.807) is 7.11 Å². The Hall–Kier alpha value is -0.940. The summed E-state index contributed by atoms with van der Waals surface area (Å²) in [5, 5.41) is 0. The molecule has 1 atom stereocenters. The SMILES string of the molecule is COc1nsnc1C1=CCC(C)N(C)C1. The first-order valence-corrected chi connectivity index (χ1v) is 5.71. The molecule has 0 aliphatic carbocycles. The van der Waals surface area contributed by atoms with E-state index in [9.17, 15) is 0 Å². The van der Waals surface area contributed by atoms with Crippen molar-refractivity contribution in [3.05, 3.63) is 11.8 Å². The molecule has 15 heavy (non-hydrogen) atoms. The normalized spacial score (nSPS) is 22.6. The first-order chi connectivity index (χ1) is 7.22. The Labute approximate surface area is 93.9 Å². The minimum atomic E-state index is 0.603. The lowest BCUT2D eigenvalue weighted by Gasteiger charge is -2.28. The Morgan fingerprint density at radius 2 is 2.33 bits per heavy atom. The predicted octanol–water partition coefficient (Wildman–Crippen LogP) is 1.65. The first-order valence-electron chi connectivity index (χ1n) is 4.98. The molecule has 0 bridgehead atoms. The molecule has 1 aliphatic heterocycles. The van der Waals surface area contributed by atoms with Gasteiger partial charge in [0, 0.05) is 12.6 Å². The number of aromatic nitrogens is 2. The van der Waals surface area contributed by atoms with Crippen LogP contribution in [0.4, 0.5) is 0 Å². The minimum Gasteiger partial charge on any atom is -0.479 e. The van der Waals surface area contributed by atoms with Crippen molar-refractivity contribution in [1.29, 1.82) is 0 Å². The fourth-order valence-corrected chi connectivity index (χ4v) is 2.22. The van der Waals surface area contributed by atoms with Crippen molar-refractivity contribution in [2.75, 3.05) is 20.7 Å². The smallest absolute Gasteiger partial charge is 0.253 e. The summed E-state index contributed by atoms with van der Waals surface area (Å²) in [5.41, 5.74) is 2.13. The molecule has 1 aliphatic rings. The number of methoxy groups -OCH3 is 1. The third-order valence-corrected chi connectivity index (χ3v) is 3.35. The van der Waals surface area contributed by atoms with E-state index in [1.165, 1.54) is 17.3 Å². The summed E-state index contributed by atoms with van der Waals surface area (Å²) in [7, 11) is 3.76. The van der Waals surface area contributed by atoms with E-state index in [4.69, 9.17) is 4.74 Å². The Kier molecular flexibility index (Phi) is 3.02. The van der Waals surface area contributed by atoms with E-state index in [2.05, 4.69) is 33.7 Å². The molecule has 82 valence electrons. The van der Waals surface area contributed by atoms with E-state index in [1.807, 2.05) is 0 Å². The highest BCUT2D eigenvalue weighted by atomic mass is 32.1. The largest absolute Gasteiger partial charge is 0.479 e. The van der Waals surface area contributed by atoms with Gasteiger partial charge in [0.25, 0.3) is 5.88 Å². The topological polar surface area (TPSA) is 38.3 Å². The predicted molar refractivity (Wildman–Crippen MR) is 61.1 cm³/mol. The second-order valence-corrected chi connectivity index (χ2v) is 4.38. The summed E-state index contributed by atoms with van der Waals surface area (Å²) in [6, 6.07) is 0.603. The second-order valence-electron chi connectivity index (χ2n) is 3.85. The van der Waals surface area contributed by atoms with Crippen LogP contribution in [0.25, 0.3) is 5.57 Å². The number of ether oxygens (including phenoxy) is 1. The van der Waals surface area contributed by atoms with Crippen molar-refractivity contribution in [3.8, 4) is 5.88 Å². The molecular formula is C10H15N3OS. The zero-order chi connectivity index (χ0) is 10.8. The van der Waals surface area contributed by atoms with Gasteiger partial charge < -0.3 is 4.74 Å². The molecule has 0 spiro atoms.